The first-order valence-corrected chi connectivity index (χ1v) is 6.40. The first-order valence-electron chi connectivity index (χ1n) is 6.40. The Labute approximate surface area is 121 Å². The molecular formula is C15H13N5O. The van der Waals surface area contributed by atoms with Crippen molar-refractivity contribution in [2.45, 2.75) is 0 Å². The van der Waals surface area contributed by atoms with E-state index in [1.165, 1.54) is 0 Å². The molecule has 0 spiro atoms. The Morgan fingerprint density at radius 2 is 1.90 bits per heavy atom. The number of carbonyl (C=O) groups is 1. The summed E-state index contributed by atoms with van der Waals surface area (Å²) in [5.74, 6) is 0.0821. The molecular weight excluding hydrogens is 266 g/mol. The first kappa shape index (κ1) is 13.0. The number of hydrogen-bond donors (Lipinski definition) is 1. The molecule has 0 aliphatic heterocycles. The zero-order valence-electron chi connectivity index (χ0n) is 11.4. The summed E-state index contributed by atoms with van der Waals surface area (Å²) in [6, 6.07) is 9.24. The molecule has 0 atom stereocenters. The average Bonchev–Trinajstić information content (AvgIpc) is 2.95. The van der Waals surface area contributed by atoms with Crippen molar-refractivity contribution in [2.75, 3.05) is 5.32 Å². The quantitative estimate of drug-likeness (QED) is 0.797. The summed E-state index contributed by atoms with van der Waals surface area (Å²) in [7, 11) is 1.77. The van der Waals surface area contributed by atoms with Crippen LogP contribution >= 0.6 is 0 Å². The van der Waals surface area contributed by atoms with Crippen LogP contribution in [0.1, 0.15) is 10.6 Å². The average molecular weight is 279 g/mol. The van der Waals surface area contributed by atoms with E-state index in [9.17, 15) is 4.79 Å². The highest BCUT2D eigenvalue weighted by Crippen LogP contribution is 2.16. The van der Waals surface area contributed by atoms with Gasteiger partial charge in [0.25, 0.3) is 5.91 Å². The molecule has 0 saturated heterocycles. The molecule has 0 aliphatic carbocycles. The second-order valence-electron chi connectivity index (χ2n) is 4.46. The Hall–Kier alpha value is -3.02. The fourth-order valence-corrected chi connectivity index (χ4v) is 1.90. The van der Waals surface area contributed by atoms with Gasteiger partial charge in [-0.2, -0.15) is 0 Å². The standard InChI is InChI=1S/C15H13N5O/c1-20-9-8-17-14(20)15(21)19-11-5-6-13(18-10-11)12-4-2-3-7-16-12/h2-10H,1H3,(H,19,21). The van der Waals surface area contributed by atoms with Crippen LogP contribution in [0.3, 0.4) is 0 Å². The molecule has 0 saturated carbocycles. The fourth-order valence-electron chi connectivity index (χ4n) is 1.90. The summed E-state index contributed by atoms with van der Waals surface area (Å²) in [5.41, 5.74) is 2.16. The van der Waals surface area contributed by atoms with Gasteiger partial charge in [-0.3, -0.25) is 14.8 Å². The molecule has 6 nitrogen and oxygen atoms in total. The van der Waals surface area contributed by atoms with E-state index < -0.39 is 0 Å². The van der Waals surface area contributed by atoms with Crippen LogP contribution in [-0.4, -0.2) is 25.4 Å². The first-order chi connectivity index (χ1) is 10.2. The van der Waals surface area contributed by atoms with Crippen molar-refractivity contribution in [1.29, 1.82) is 0 Å². The van der Waals surface area contributed by atoms with Crippen LogP contribution in [-0.2, 0) is 7.05 Å². The lowest BCUT2D eigenvalue weighted by Gasteiger charge is -2.05. The van der Waals surface area contributed by atoms with Gasteiger partial charge < -0.3 is 9.88 Å². The van der Waals surface area contributed by atoms with E-state index in [0.29, 0.717) is 11.5 Å². The number of aryl methyl sites for hydroxylation is 1. The second kappa shape index (κ2) is 5.54. The van der Waals surface area contributed by atoms with Crippen molar-refractivity contribution < 1.29 is 4.79 Å². The summed E-state index contributed by atoms with van der Waals surface area (Å²) in [6.07, 6.45) is 6.62. The number of nitrogens with zero attached hydrogens (tertiary/aromatic N) is 4. The van der Waals surface area contributed by atoms with E-state index in [1.54, 1.807) is 42.5 Å². The Morgan fingerprint density at radius 1 is 1.05 bits per heavy atom. The molecule has 21 heavy (non-hydrogen) atoms. The van der Waals surface area contributed by atoms with E-state index in [1.807, 2.05) is 24.3 Å². The predicted octanol–water partition coefficient (Wildman–Crippen LogP) is 2.13. The van der Waals surface area contributed by atoms with Gasteiger partial charge in [-0.05, 0) is 24.3 Å². The molecule has 0 fully saturated rings. The molecule has 3 aromatic rings. The molecule has 0 unspecified atom stereocenters. The molecule has 0 radical (unpaired) electrons. The maximum atomic E-state index is 12.0. The zero-order chi connectivity index (χ0) is 14.7. The van der Waals surface area contributed by atoms with Crippen LogP contribution in [0.5, 0.6) is 0 Å². The lowest BCUT2D eigenvalue weighted by atomic mass is 10.2. The van der Waals surface area contributed by atoms with E-state index in [2.05, 4.69) is 20.3 Å². The number of hydrogen-bond acceptors (Lipinski definition) is 4. The fraction of sp³-hybridized carbons (Fsp3) is 0.0667. The highest BCUT2D eigenvalue weighted by atomic mass is 16.2. The molecule has 6 heteroatoms. The van der Waals surface area contributed by atoms with Gasteiger partial charge in [-0.1, -0.05) is 6.07 Å². The van der Waals surface area contributed by atoms with Crippen molar-refractivity contribution in [3.63, 3.8) is 0 Å². The van der Waals surface area contributed by atoms with Crippen LogP contribution in [0, 0.1) is 0 Å². The zero-order valence-corrected chi connectivity index (χ0v) is 11.4. The SMILES string of the molecule is Cn1ccnc1C(=O)Nc1ccc(-c2ccccn2)nc1. The number of amides is 1. The molecule has 1 N–H and O–H groups in total. The van der Waals surface area contributed by atoms with Gasteiger partial charge in [-0.15, -0.1) is 0 Å². The predicted molar refractivity (Wildman–Crippen MR) is 78.6 cm³/mol. The third kappa shape index (κ3) is 2.79. The monoisotopic (exact) mass is 279 g/mol. The lowest BCUT2D eigenvalue weighted by Crippen LogP contribution is -2.16. The van der Waals surface area contributed by atoms with Gasteiger partial charge in [-0.25, -0.2) is 4.98 Å². The number of pyridine rings is 2. The highest BCUT2D eigenvalue weighted by Gasteiger charge is 2.11. The minimum atomic E-state index is -0.269. The summed E-state index contributed by atoms with van der Waals surface area (Å²) >= 11 is 0. The van der Waals surface area contributed by atoms with Crippen LogP contribution in [0.4, 0.5) is 5.69 Å². The maximum absolute atomic E-state index is 12.0. The minimum absolute atomic E-state index is 0.269. The molecule has 3 aromatic heterocycles. The molecule has 0 aliphatic rings. The third-order valence-corrected chi connectivity index (χ3v) is 2.97. The molecule has 104 valence electrons. The molecule has 0 bridgehead atoms. The number of nitrogens with one attached hydrogen (secondary N) is 1. The van der Waals surface area contributed by atoms with E-state index in [-0.39, 0.29) is 5.91 Å². The van der Waals surface area contributed by atoms with Crippen molar-refractivity contribution in [3.05, 3.63) is 60.9 Å². The van der Waals surface area contributed by atoms with Gasteiger partial charge in [0.2, 0.25) is 0 Å². The van der Waals surface area contributed by atoms with E-state index in [4.69, 9.17) is 0 Å². The summed E-state index contributed by atoms with van der Waals surface area (Å²) in [4.78, 5) is 24.5. The second-order valence-corrected chi connectivity index (χ2v) is 4.46. The maximum Gasteiger partial charge on any atom is 0.291 e. The van der Waals surface area contributed by atoms with Gasteiger partial charge in [0, 0.05) is 25.6 Å². The number of carbonyl (C=O) groups excluding carboxylic acids is 1. The van der Waals surface area contributed by atoms with Gasteiger partial charge >= 0.3 is 0 Å². The Kier molecular flexibility index (Phi) is 3.42. The van der Waals surface area contributed by atoms with Crippen molar-refractivity contribution in [1.82, 2.24) is 19.5 Å². The number of anilines is 1. The summed E-state index contributed by atoms with van der Waals surface area (Å²) in [5, 5.41) is 2.76. The van der Waals surface area contributed by atoms with Crippen molar-refractivity contribution >= 4 is 11.6 Å². The number of aromatic nitrogens is 4. The highest BCUT2D eigenvalue weighted by molar-refractivity contribution is 6.01. The van der Waals surface area contributed by atoms with Gasteiger partial charge in [0.05, 0.1) is 23.3 Å². The van der Waals surface area contributed by atoms with Crippen molar-refractivity contribution in [3.8, 4) is 11.4 Å². The Morgan fingerprint density at radius 3 is 2.52 bits per heavy atom. The van der Waals surface area contributed by atoms with E-state index in [0.717, 1.165) is 11.4 Å². The summed E-state index contributed by atoms with van der Waals surface area (Å²) < 4.78 is 1.66. The van der Waals surface area contributed by atoms with Crippen LogP contribution in [0.2, 0.25) is 0 Å². The van der Waals surface area contributed by atoms with Gasteiger partial charge in [0.1, 0.15) is 0 Å². The van der Waals surface area contributed by atoms with Crippen LogP contribution in [0.15, 0.2) is 55.1 Å². The lowest BCUT2D eigenvalue weighted by molar-refractivity contribution is 0.101. The van der Waals surface area contributed by atoms with Crippen LogP contribution in [0.25, 0.3) is 11.4 Å². The minimum Gasteiger partial charge on any atom is -0.330 e. The number of imidazole rings is 1. The smallest absolute Gasteiger partial charge is 0.291 e. The molecule has 3 heterocycles. The summed E-state index contributed by atoms with van der Waals surface area (Å²) in [6.45, 7) is 0. The van der Waals surface area contributed by atoms with Gasteiger partial charge in [0.15, 0.2) is 5.82 Å². The Balaban J connectivity index is 1.76. The molecule has 0 aromatic carbocycles. The largest absolute Gasteiger partial charge is 0.330 e. The van der Waals surface area contributed by atoms with Crippen LogP contribution < -0.4 is 5.32 Å². The molecule has 1 amide bonds. The number of rotatable bonds is 3. The molecule has 3 rings (SSSR count). The van der Waals surface area contributed by atoms with E-state index >= 15 is 0 Å². The third-order valence-electron chi connectivity index (χ3n) is 2.97. The Bertz CT molecular complexity index is 749. The normalized spacial score (nSPS) is 10.3. The van der Waals surface area contributed by atoms with Crippen molar-refractivity contribution in [2.24, 2.45) is 7.05 Å². The topological polar surface area (TPSA) is 72.7 Å².